The standard InChI is InChI=1S/C14H21FN2O/c15-13-3-1-2-12(10-13)4-5-14(11-18)17-8-6-16-7-9-17/h1-3,10,14,16,18H,4-9,11H2. The molecule has 0 amide bonds. The highest BCUT2D eigenvalue weighted by Gasteiger charge is 2.19. The molecule has 0 saturated carbocycles. The minimum absolute atomic E-state index is 0.176. The summed E-state index contributed by atoms with van der Waals surface area (Å²) in [5, 5.41) is 12.8. The molecule has 1 heterocycles. The minimum atomic E-state index is -0.185. The van der Waals surface area contributed by atoms with E-state index in [1.54, 1.807) is 12.1 Å². The van der Waals surface area contributed by atoms with E-state index in [9.17, 15) is 9.50 Å². The first-order chi connectivity index (χ1) is 8.79. The quantitative estimate of drug-likeness (QED) is 0.821. The Morgan fingerprint density at radius 2 is 2.11 bits per heavy atom. The van der Waals surface area contributed by atoms with Crippen LogP contribution in [0, 0.1) is 5.82 Å². The third kappa shape index (κ3) is 3.77. The Morgan fingerprint density at radius 1 is 1.33 bits per heavy atom. The van der Waals surface area contributed by atoms with Crippen molar-refractivity contribution < 1.29 is 9.50 Å². The van der Waals surface area contributed by atoms with Gasteiger partial charge in [0.25, 0.3) is 0 Å². The van der Waals surface area contributed by atoms with Crippen molar-refractivity contribution in [3.05, 3.63) is 35.6 Å². The Hall–Kier alpha value is -0.970. The number of hydrogen-bond acceptors (Lipinski definition) is 3. The Bertz CT molecular complexity index is 367. The van der Waals surface area contributed by atoms with Crippen LogP contribution >= 0.6 is 0 Å². The van der Waals surface area contributed by atoms with Gasteiger partial charge in [0, 0.05) is 32.2 Å². The van der Waals surface area contributed by atoms with Crippen molar-refractivity contribution in [2.45, 2.75) is 18.9 Å². The van der Waals surface area contributed by atoms with Crippen molar-refractivity contribution in [1.29, 1.82) is 0 Å². The van der Waals surface area contributed by atoms with Crippen LogP contribution in [0.2, 0.25) is 0 Å². The van der Waals surface area contributed by atoms with Gasteiger partial charge in [-0.05, 0) is 30.5 Å². The predicted octanol–water partition coefficient (Wildman–Crippen LogP) is 1.02. The molecule has 1 aliphatic heterocycles. The van der Waals surface area contributed by atoms with Crippen molar-refractivity contribution in [2.75, 3.05) is 32.8 Å². The molecular formula is C14H21FN2O. The molecule has 1 saturated heterocycles. The number of benzene rings is 1. The van der Waals surface area contributed by atoms with Crippen LogP contribution in [-0.4, -0.2) is 48.8 Å². The topological polar surface area (TPSA) is 35.5 Å². The molecule has 2 N–H and O–H groups in total. The molecule has 1 unspecified atom stereocenters. The van der Waals surface area contributed by atoms with E-state index in [2.05, 4.69) is 10.2 Å². The molecule has 0 aromatic heterocycles. The van der Waals surface area contributed by atoms with E-state index in [4.69, 9.17) is 0 Å². The highest BCUT2D eigenvalue weighted by atomic mass is 19.1. The van der Waals surface area contributed by atoms with E-state index in [-0.39, 0.29) is 18.5 Å². The second-order valence-electron chi connectivity index (χ2n) is 4.79. The van der Waals surface area contributed by atoms with E-state index < -0.39 is 0 Å². The van der Waals surface area contributed by atoms with Gasteiger partial charge in [-0.15, -0.1) is 0 Å². The van der Waals surface area contributed by atoms with Crippen LogP contribution in [0.4, 0.5) is 4.39 Å². The first-order valence-electron chi connectivity index (χ1n) is 6.59. The summed E-state index contributed by atoms with van der Waals surface area (Å²) in [5.41, 5.74) is 1.00. The van der Waals surface area contributed by atoms with E-state index in [1.807, 2.05) is 6.07 Å². The molecule has 0 bridgehead atoms. The van der Waals surface area contributed by atoms with Crippen LogP contribution in [0.25, 0.3) is 0 Å². The molecular weight excluding hydrogens is 231 g/mol. The number of rotatable bonds is 5. The molecule has 0 spiro atoms. The highest BCUT2D eigenvalue weighted by Crippen LogP contribution is 2.12. The van der Waals surface area contributed by atoms with E-state index >= 15 is 0 Å². The van der Waals surface area contributed by atoms with Crippen LogP contribution in [0.5, 0.6) is 0 Å². The summed E-state index contributed by atoms with van der Waals surface area (Å²) in [4.78, 5) is 2.32. The molecule has 3 nitrogen and oxygen atoms in total. The first kappa shape index (κ1) is 13.5. The smallest absolute Gasteiger partial charge is 0.123 e. The van der Waals surface area contributed by atoms with Gasteiger partial charge >= 0.3 is 0 Å². The monoisotopic (exact) mass is 252 g/mol. The molecule has 1 aromatic rings. The normalized spacial score (nSPS) is 18.8. The van der Waals surface area contributed by atoms with E-state index in [0.29, 0.717) is 0 Å². The van der Waals surface area contributed by atoms with Gasteiger partial charge in [0.15, 0.2) is 0 Å². The van der Waals surface area contributed by atoms with Crippen molar-refractivity contribution in [3.8, 4) is 0 Å². The Morgan fingerprint density at radius 3 is 2.78 bits per heavy atom. The van der Waals surface area contributed by atoms with Crippen molar-refractivity contribution in [1.82, 2.24) is 10.2 Å². The number of aryl methyl sites for hydroxylation is 1. The van der Waals surface area contributed by atoms with Crippen LogP contribution < -0.4 is 5.32 Å². The number of aliphatic hydroxyl groups is 1. The minimum Gasteiger partial charge on any atom is -0.395 e. The Kier molecular flexibility index (Phi) is 5.11. The summed E-state index contributed by atoms with van der Waals surface area (Å²) in [6, 6.07) is 6.91. The predicted molar refractivity (Wildman–Crippen MR) is 70.0 cm³/mol. The summed E-state index contributed by atoms with van der Waals surface area (Å²) in [6.07, 6.45) is 1.69. The lowest BCUT2D eigenvalue weighted by atomic mass is 10.0. The third-order valence-electron chi connectivity index (χ3n) is 3.53. The zero-order valence-corrected chi connectivity index (χ0v) is 10.6. The van der Waals surface area contributed by atoms with Gasteiger partial charge in [0.1, 0.15) is 5.82 Å². The highest BCUT2D eigenvalue weighted by molar-refractivity contribution is 5.16. The van der Waals surface area contributed by atoms with Gasteiger partial charge < -0.3 is 10.4 Å². The van der Waals surface area contributed by atoms with Gasteiger partial charge in [-0.2, -0.15) is 0 Å². The van der Waals surface area contributed by atoms with Gasteiger partial charge in [-0.25, -0.2) is 4.39 Å². The number of aliphatic hydroxyl groups excluding tert-OH is 1. The maximum absolute atomic E-state index is 13.1. The van der Waals surface area contributed by atoms with E-state index in [0.717, 1.165) is 44.6 Å². The van der Waals surface area contributed by atoms with Gasteiger partial charge in [0.2, 0.25) is 0 Å². The summed E-state index contributed by atoms with van der Waals surface area (Å²) in [7, 11) is 0. The molecule has 1 aliphatic rings. The fourth-order valence-corrected chi connectivity index (χ4v) is 2.46. The van der Waals surface area contributed by atoms with Crippen molar-refractivity contribution in [3.63, 3.8) is 0 Å². The second-order valence-corrected chi connectivity index (χ2v) is 4.79. The molecule has 100 valence electrons. The lowest BCUT2D eigenvalue weighted by molar-refractivity contribution is 0.104. The zero-order valence-electron chi connectivity index (χ0n) is 10.6. The maximum atomic E-state index is 13.1. The van der Waals surface area contributed by atoms with Gasteiger partial charge in [-0.1, -0.05) is 12.1 Å². The average molecular weight is 252 g/mol. The zero-order chi connectivity index (χ0) is 12.8. The van der Waals surface area contributed by atoms with E-state index in [1.165, 1.54) is 6.07 Å². The van der Waals surface area contributed by atoms with Crippen LogP contribution in [-0.2, 0) is 6.42 Å². The number of hydrogen-bond donors (Lipinski definition) is 2. The maximum Gasteiger partial charge on any atom is 0.123 e. The summed E-state index contributed by atoms with van der Waals surface area (Å²) in [6.45, 7) is 4.10. The molecule has 4 heteroatoms. The van der Waals surface area contributed by atoms with Gasteiger partial charge in [-0.3, -0.25) is 4.90 Å². The number of nitrogens with one attached hydrogen (secondary N) is 1. The number of nitrogens with zero attached hydrogens (tertiary/aromatic N) is 1. The molecule has 0 radical (unpaired) electrons. The molecule has 0 aliphatic carbocycles. The summed E-state index contributed by atoms with van der Waals surface area (Å²) < 4.78 is 13.1. The van der Waals surface area contributed by atoms with Gasteiger partial charge in [0.05, 0.1) is 6.61 Å². The summed E-state index contributed by atoms with van der Waals surface area (Å²) >= 11 is 0. The second kappa shape index (κ2) is 6.83. The fraction of sp³-hybridized carbons (Fsp3) is 0.571. The van der Waals surface area contributed by atoms with Crippen LogP contribution in [0.15, 0.2) is 24.3 Å². The summed E-state index contributed by atoms with van der Waals surface area (Å²) in [5.74, 6) is -0.185. The number of piperazine rings is 1. The Labute approximate surface area is 108 Å². The van der Waals surface area contributed by atoms with Crippen LogP contribution in [0.1, 0.15) is 12.0 Å². The first-order valence-corrected chi connectivity index (χ1v) is 6.59. The lowest BCUT2D eigenvalue weighted by Crippen LogP contribution is -2.49. The fourth-order valence-electron chi connectivity index (χ4n) is 2.46. The molecule has 1 aromatic carbocycles. The van der Waals surface area contributed by atoms with Crippen molar-refractivity contribution >= 4 is 0 Å². The SMILES string of the molecule is OCC(CCc1cccc(F)c1)N1CCNCC1. The van der Waals surface area contributed by atoms with Crippen LogP contribution in [0.3, 0.4) is 0 Å². The molecule has 18 heavy (non-hydrogen) atoms. The van der Waals surface area contributed by atoms with Crippen molar-refractivity contribution in [2.24, 2.45) is 0 Å². The molecule has 2 rings (SSSR count). The lowest BCUT2D eigenvalue weighted by Gasteiger charge is -2.34. The molecule has 1 fully saturated rings. The molecule has 1 atom stereocenters. The Balaban J connectivity index is 1.86. The largest absolute Gasteiger partial charge is 0.395 e. The number of halogens is 1. The third-order valence-corrected chi connectivity index (χ3v) is 3.53. The average Bonchev–Trinajstić information content (AvgIpc) is 2.41.